The van der Waals surface area contributed by atoms with Gasteiger partial charge in [0.15, 0.2) is 0 Å². The summed E-state index contributed by atoms with van der Waals surface area (Å²) in [6, 6.07) is 8.37. The molecule has 0 fully saturated rings. The number of ether oxygens (including phenoxy) is 1. The molecule has 1 unspecified atom stereocenters. The summed E-state index contributed by atoms with van der Waals surface area (Å²) in [5.74, 6) is 1.93. The number of nitrogens with zero attached hydrogens (tertiary/aromatic N) is 3. The number of hydrogen-bond acceptors (Lipinski definition) is 7. The summed E-state index contributed by atoms with van der Waals surface area (Å²) in [4.78, 5) is 12.4. The van der Waals surface area contributed by atoms with E-state index in [1.54, 1.807) is 14.2 Å². The number of hydrazine groups is 1. The fourth-order valence-electron chi connectivity index (χ4n) is 2.04. The Hall–Kier alpha value is -2.41. The highest BCUT2D eigenvalue weighted by Crippen LogP contribution is 2.15. The summed E-state index contributed by atoms with van der Waals surface area (Å²) in [6.07, 6.45) is 3.40. The average molecular weight is 302 g/mol. The van der Waals surface area contributed by atoms with Crippen LogP contribution in [-0.4, -0.2) is 35.2 Å². The molecule has 7 nitrogen and oxygen atoms in total. The maximum Gasteiger partial charge on any atom is 0.242 e. The van der Waals surface area contributed by atoms with Crippen molar-refractivity contribution >= 4 is 11.9 Å². The van der Waals surface area contributed by atoms with Crippen molar-refractivity contribution in [2.24, 2.45) is 0 Å². The van der Waals surface area contributed by atoms with Crippen LogP contribution in [0.4, 0.5) is 11.9 Å². The lowest BCUT2D eigenvalue weighted by Gasteiger charge is -2.14. The molecule has 0 radical (unpaired) electrons. The standard InChI is InChI=1S/C15H22N6O/c1-11(7-8-12-5-4-6-13(9-12)22-3)19-14-17-10-18-15(20-14)21-16-2/h4-6,9-11,16H,7-8H2,1-3H3,(H2,17,18,19,20,21). The monoisotopic (exact) mass is 302 g/mol. The number of nitrogens with one attached hydrogen (secondary N) is 3. The Labute approximate surface area is 130 Å². The number of methoxy groups -OCH3 is 1. The highest BCUT2D eigenvalue weighted by atomic mass is 16.5. The van der Waals surface area contributed by atoms with Crippen LogP contribution in [0, 0.1) is 0 Å². The topological polar surface area (TPSA) is 84.0 Å². The molecule has 0 spiro atoms. The van der Waals surface area contributed by atoms with E-state index in [0.29, 0.717) is 11.9 Å². The zero-order chi connectivity index (χ0) is 15.8. The Balaban J connectivity index is 1.87. The number of benzene rings is 1. The van der Waals surface area contributed by atoms with Gasteiger partial charge in [-0.1, -0.05) is 12.1 Å². The van der Waals surface area contributed by atoms with Gasteiger partial charge in [0, 0.05) is 13.1 Å². The van der Waals surface area contributed by atoms with E-state index >= 15 is 0 Å². The van der Waals surface area contributed by atoms with Gasteiger partial charge in [-0.05, 0) is 37.5 Å². The van der Waals surface area contributed by atoms with Gasteiger partial charge in [0.2, 0.25) is 11.9 Å². The van der Waals surface area contributed by atoms with Crippen molar-refractivity contribution < 1.29 is 4.74 Å². The lowest BCUT2D eigenvalue weighted by molar-refractivity contribution is 0.414. The van der Waals surface area contributed by atoms with Crippen LogP contribution >= 0.6 is 0 Å². The maximum atomic E-state index is 5.24. The number of rotatable bonds is 8. The van der Waals surface area contributed by atoms with E-state index in [1.807, 2.05) is 12.1 Å². The first-order valence-corrected chi connectivity index (χ1v) is 7.22. The number of aromatic nitrogens is 3. The lowest BCUT2D eigenvalue weighted by Crippen LogP contribution is -2.21. The molecule has 0 amide bonds. The van der Waals surface area contributed by atoms with Gasteiger partial charge in [-0.25, -0.2) is 15.4 Å². The Bertz CT molecular complexity index is 592. The molecule has 0 aliphatic carbocycles. The Kier molecular flexibility index (Phi) is 5.91. The second kappa shape index (κ2) is 8.14. The third kappa shape index (κ3) is 4.85. The van der Waals surface area contributed by atoms with E-state index < -0.39 is 0 Å². The molecule has 2 aromatic rings. The van der Waals surface area contributed by atoms with E-state index in [-0.39, 0.29) is 6.04 Å². The van der Waals surface area contributed by atoms with Gasteiger partial charge in [-0.3, -0.25) is 5.43 Å². The summed E-state index contributed by atoms with van der Waals surface area (Å²) in [7, 11) is 3.44. The molecule has 1 atom stereocenters. The summed E-state index contributed by atoms with van der Waals surface area (Å²) < 4.78 is 5.24. The zero-order valence-electron chi connectivity index (χ0n) is 13.1. The molecule has 1 heterocycles. The Morgan fingerprint density at radius 1 is 1.23 bits per heavy atom. The molecule has 7 heteroatoms. The van der Waals surface area contributed by atoms with E-state index in [2.05, 4.69) is 50.2 Å². The van der Waals surface area contributed by atoms with Crippen LogP contribution in [0.1, 0.15) is 18.9 Å². The second-order valence-corrected chi connectivity index (χ2v) is 4.94. The molecular formula is C15H22N6O. The summed E-state index contributed by atoms with van der Waals surface area (Å²) >= 11 is 0. The molecule has 2 rings (SSSR count). The minimum Gasteiger partial charge on any atom is -0.497 e. The molecule has 0 bridgehead atoms. The molecule has 1 aromatic carbocycles. The van der Waals surface area contributed by atoms with Gasteiger partial charge in [0.05, 0.1) is 7.11 Å². The normalized spacial score (nSPS) is 11.8. The van der Waals surface area contributed by atoms with Crippen LogP contribution in [0.3, 0.4) is 0 Å². The highest BCUT2D eigenvalue weighted by Gasteiger charge is 2.06. The predicted octanol–water partition coefficient (Wildman–Crippen LogP) is 1.86. The van der Waals surface area contributed by atoms with Crippen LogP contribution in [0.15, 0.2) is 30.6 Å². The van der Waals surface area contributed by atoms with Gasteiger partial charge in [0.1, 0.15) is 12.1 Å². The van der Waals surface area contributed by atoms with Crippen LogP contribution in [-0.2, 0) is 6.42 Å². The van der Waals surface area contributed by atoms with Gasteiger partial charge in [-0.2, -0.15) is 4.98 Å². The van der Waals surface area contributed by atoms with Crippen molar-refractivity contribution in [1.82, 2.24) is 20.4 Å². The van der Waals surface area contributed by atoms with Gasteiger partial charge < -0.3 is 10.1 Å². The fourth-order valence-corrected chi connectivity index (χ4v) is 2.04. The molecular weight excluding hydrogens is 280 g/mol. The van der Waals surface area contributed by atoms with Crippen molar-refractivity contribution in [2.75, 3.05) is 24.9 Å². The third-order valence-corrected chi connectivity index (χ3v) is 3.18. The largest absolute Gasteiger partial charge is 0.497 e. The van der Waals surface area contributed by atoms with E-state index in [0.717, 1.165) is 18.6 Å². The number of anilines is 2. The van der Waals surface area contributed by atoms with Crippen molar-refractivity contribution in [3.05, 3.63) is 36.2 Å². The summed E-state index contributed by atoms with van der Waals surface area (Å²) in [5, 5.41) is 3.28. The lowest BCUT2D eigenvalue weighted by atomic mass is 10.1. The molecule has 0 saturated heterocycles. The molecule has 0 saturated carbocycles. The summed E-state index contributed by atoms with van der Waals surface area (Å²) in [6.45, 7) is 2.11. The van der Waals surface area contributed by atoms with Gasteiger partial charge in [-0.15, -0.1) is 0 Å². The average Bonchev–Trinajstić information content (AvgIpc) is 2.54. The first-order valence-electron chi connectivity index (χ1n) is 7.22. The zero-order valence-corrected chi connectivity index (χ0v) is 13.1. The molecule has 22 heavy (non-hydrogen) atoms. The highest BCUT2D eigenvalue weighted by molar-refractivity contribution is 5.33. The van der Waals surface area contributed by atoms with Crippen LogP contribution in [0.25, 0.3) is 0 Å². The van der Waals surface area contributed by atoms with Crippen molar-refractivity contribution in [3.63, 3.8) is 0 Å². The van der Waals surface area contributed by atoms with Gasteiger partial charge in [0.25, 0.3) is 0 Å². The SMILES string of the molecule is CNNc1ncnc(NC(C)CCc2cccc(OC)c2)n1. The molecule has 3 N–H and O–H groups in total. The van der Waals surface area contributed by atoms with E-state index in [9.17, 15) is 0 Å². The Morgan fingerprint density at radius 2 is 2.05 bits per heavy atom. The smallest absolute Gasteiger partial charge is 0.242 e. The van der Waals surface area contributed by atoms with E-state index in [1.165, 1.54) is 11.9 Å². The third-order valence-electron chi connectivity index (χ3n) is 3.18. The van der Waals surface area contributed by atoms with Crippen LogP contribution in [0.2, 0.25) is 0 Å². The van der Waals surface area contributed by atoms with Crippen molar-refractivity contribution in [3.8, 4) is 5.75 Å². The first-order chi connectivity index (χ1) is 10.7. The van der Waals surface area contributed by atoms with Crippen molar-refractivity contribution in [1.29, 1.82) is 0 Å². The van der Waals surface area contributed by atoms with E-state index in [4.69, 9.17) is 4.74 Å². The fraction of sp³-hybridized carbons (Fsp3) is 0.400. The number of aryl methyl sites for hydroxylation is 1. The minimum atomic E-state index is 0.246. The Morgan fingerprint density at radius 3 is 2.82 bits per heavy atom. The van der Waals surface area contributed by atoms with Crippen LogP contribution in [0.5, 0.6) is 5.75 Å². The summed E-state index contributed by atoms with van der Waals surface area (Å²) in [5.41, 5.74) is 6.86. The van der Waals surface area contributed by atoms with Crippen molar-refractivity contribution in [2.45, 2.75) is 25.8 Å². The maximum absolute atomic E-state index is 5.24. The molecule has 118 valence electrons. The quantitative estimate of drug-likeness (QED) is 0.642. The van der Waals surface area contributed by atoms with Crippen LogP contribution < -0.4 is 20.9 Å². The first kappa shape index (κ1) is 16.0. The number of hydrogen-bond donors (Lipinski definition) is 3. The second-order valence-electron chi connectivity index (χ2n) is 4.94. The van der Waals surface area contributed by atoms with Gasteiger partial charge >= 0.3 is 0 Å². The molecule has 1 aromatic heterocycles. The minimum absolute atomic E-state index is 0.246. The molecule has 0 aliphatic heterocycles. The predicted molar refractivity (Wildman–Crippen MR) is 86.9 cm³/mol. The molecule has 0 aliphatic rings.